The Bertz CT molecular complexity index is 857. The number of sulfonamides is 1. The summed E-state index contributed by atoms with van der Waals surface area (Å²) in [5.74, 6) is 0. The molecule has 0 atom stereocenters. The average Bonchev–Trinajstić information content (AvgIpc) is 2.58. The van der Waals surface area contributed by atoms with Gasteiger partial charge in [0.05, 0.1) is 11.5 Å². The number of hydrogen-bond donors (Lipinski definition) is 1. The first-order valence-electron chi connectivity index (χ1n) is 8.33. The average molecular weight is 362 g/mol. The van der Waals surface area contributed by atoms with Gasteiger partial charge in [-0.3, -0.25) is 0 Å². The van der Waals surface area contributed by atoms with Crippen LogP contribution in [0.1, 0.15) is 38.9 Å². The van der Waals surface area contributed by atoms with E-state index in [0.29, 0.717) is 11.5 Å². The highest BCUT2D eigenvalue weighted by molar-refractivity contribution is 7.89. The van der Waals surface area contributed by atoms with Gasteiger partial charge in [0.25, 0.3) is 0 Å². The Kier molecular flexibility index (Phi) is 6.03. The summed E-state index contributed by atoms with van der Waals surface area (Å²) in [6.07, 6.45) is 0. The van der Waals surface area contributed by atoms with Crippen LogP contribution >= 0.6 is 0 Å². The summed E-state index contributed by atoms with van der Waals surface area (Å²) in [6, 6.07) is 7.69. The summed E-state index contributed by atoms with van der Waals surface area (Å²) in [5, 5.41) is 0. The number of nitrogens with one attached hydrogen (secondary N) is 1. The molecule has 0 fully saturated rings. The Balaban J connectivity index is 2.39. The van der Waals surface area contributed by atoms with Crippen LogP contribution in [0, 0.1) is 34.6 Å². The molecule has 0 aliphatic heterocycles. The van der Waals surface area contributed by atoms with Crippen molar-refractivity contribution in [3.05, 3.63) is 63.2 Å². The van der Waals surface area contributed by atoms with Gasteiger partial charge >= 0.3 is 0 Å². The summed E-state index contributed by atoms with van der Waals surface area (Å²) in [6.45, 7) is 10.4. The van der Waals surface area contributed by atoms with Crippen LogP contribution in [0.15, 0.2) is 29.2 Å². The minimum atomic E-state index is -3.60. The summed E-state index contributed by atoms with van der Waals surface area (Å²) in [4.78, 5) is 0.400. The molecule has 0 aliphatic rings. The fourth-order valence-electron chi connectivity index (χ4n) is 3.14. The number of methoxy groups -OCH3 is 1. The van der Waals surface area contributed by atoms with E-state index < -0.39 is 10.0 Å². The standard InChI is InChI=1S/C20H27NO3S/c1-13-14(2)16(4)20(17(5)15(13)3)25(22,23)21-11-18-9-7-8-10-19(18)12-24-6/h7-10,21H,11-12H2,1-6H3. The zero-order chi connectivity index (χ0) is 18.8. The van der Waals surface area contributed by atoms with Crippen molar-refractivity contribution in [2.75, 3.05) is 7.11 Å². The van der Waals surface area contributed by atoms with Crippen molar-refractivity contribution in [2.45, 2.75) is 52.7 Å². The lowest BCUT2D eigenvalue weighted by Gasteiger charge is -2.19. The maximum Gasteiger partial charge on any atom is 0.241 e. The normalized spacial score (nSPS) is 11.8. The predicted octanol–water partition coefficient (Wildman–Crippen LogP) is 3.85. The minimum absolute atomic E-state index is 0.243. The van der Waals surface area contributed by atoms with E-state index in [2.05, 4.69) is 4.72 Å². The minimum Gasteiger partial charge on any atom is -0.380 e. The van der Waals surface area contributed by atoms with E-state index in [1.54, 1.807) is 7.11 Å². The third kappa shape index (κ3) is 3.94. The number of benzene rings is 2. The van der Waals surface area contributed by atoms with Crippen LogP contribution in [0.2, 0.25) is 0 Å². The summed E-state index contributed by atoms with van der Waals surface area (Å²) in [7, 11) is -1.97. The molecule has 0 aromatic heterocycles. The van der Waals surface area contributed by atoms with Crippen molar-refractivity contribution in [1.82, 2.24) is 4.72 Å². The van der Waals surface area contributed by atoms with Gasteiger partial charge in [0.1, 0.15) is 0 Å². The lowest BCUT2D eigenvalue weighted by Crippen LogP contribution is -2.26. The molecule has 0 heterocycles. The summed E-state index contributed by atoms with van der Waals surface area (Å²) < 4.78 is 33.9. The van der Waals surface area contributed by atoms with E-state index in [4.69, 9.17) is 4.74 Å². The van der Waals surface area contributed by atoms with Crippen molar-refractivity contribution < 1.29 is 13.2 Å². The van der Waals surface area contributed by atoms with E-state index >= 15 is 0 Å². The zero-order valence-electron chi connectivity index (χ0n) is 15.9. The van der Waals surface area contributed by atoms with Crippen molar-refractivity contribution in [2.24, 2.45) is 0 Å². The highest BCUT2D eigenvalue weighted by Crippen LogP contribution is 2.29. The molecule has 4 nitrogen and oxygen atoms in total. The van der Waals surface area contributed by atoms with Crippen molar-refractivity contribution in [3.63, 3.8) is 0 Å². The van der Waals surface area contributed by atoms with E-state index in [1.165, 1.54) is 0 Å². The van der Waals surface area contributed by atoms with Crippen LogP contribution in [0.25, 0.3) is 0 Å². The summed E-state index contributed by atoms with van der Waals surface area (Å²) >= 11 is 0. The smallest absolute Gasteiger partial charge is 0.241 e. The SMILES string of the molecule is COCc1ccccc1CNS(=O)(=O)c1c(C)c(C)c(C)c(C)c1C. The van der Waals surface area contributed by atoms with Crippen LogP contribution in [0.5, 0.6) is 0 Å². The molecule has 0 aliphatic carbocycles. The highest BCUT2D eigenvalue weighted by Gasteiger charge is 2.23. The van der Waals surface area contributed by atoms with Gasteiger partial charge in [-0.2, -0.15) is 0 Å². The van der Waals surface area contributed by atoms with Gasteiger partial charge in [-0.1, -0.05) is 24.3 Å². The molecule has 2 aromatic carbocycles. The second-order valence-electron chi connectivity index (χ2n) is 6.48. The fourth-order valence-corrected chi connectivity index (χ4v) is 4.74. The van der Waals surface area contributed by atoms with Crippen LogP contribution < -0.4 is 4.72 Å². The van der Waals surface area contributed by atoms with E-state index in [9.17, 15) is 8.42 Å². The molecular weight excluding hydrogens is 334 g/mol. The first-order valence-corrected chi connectivity index (χ1v) is 9.81. The molecule has 1 N–H and O–H groups in total. The van der Waals surface area contributed by atoms with Gasteiger partial charge in [-0.25, -0.2) is 13.1 Å². The van der Waals surface area contributed by atoms with Gasteiger partial charge in [0, 0.05) is 13.7 Å². The van der Waals surface area contributed by atoms with Gasteiger partial charge < -0.3 is 4.74 Å². The predicted molar refractivity (Wildman–Crippen MR) is 101 cm³/mol. The Morgan fingerprint density at radius 1 is 0.840 bits per heavy atom. The van der Waals surface area contributed by atoms with E-state index in [1.807, 2.05) is 58.9 Å². The fraction of sp³-hybridized carbons (Fsp3) is 0.400. The van der Waals surface area contributed by atoms with Crippen molar-refractivity contribution >= 4 is 10.0 Å². The molecule has 136 valence electrons. The Labute approximate surface area is 151 Å². The Morgan fingerprint density at radius 3 is 1.84 bits per heavy atom. The molecule has 0 amide bonds. The quantitative estimate of drug-likeness (QED) is 0.850. The van der Waals surface area contributed by atoms with Crippen LogP contribution in [-0.4, -0.2) is 15.5 Å². The first-order chi connectivity index (χ1) is 11.7. The van der Waals surface area contributed by atoms with Crippen LogP contribution in [0.4, 0.5) is 0 Å². The summed E-state index contributed by atoms with van der Waals surface area (Å²) in [5.41, 5.74) is 6.75. The highest BCUT2D eigenvalue weighted by atomic mass is 32.2. The van der Waals surface area contributed by atoms with E-state index in [0.717, 1.165) is 38.9 Å². The third-order valence-corrected chi connectivity index (χ3v) is 6.74. The molecule has 0 radical (unpaired) electrons. The Hall–Kier alpha value is -1.69. The van der Waals surface area contributed by atoms with Gasteiger partial charge in [0.15, 0.2) is 0 Å². The maximum atomic E-state index is 13.0. The number of rotatable bonds is 6. The molecular formula is C20H27NO3S. The molecule has 0 saturated carbocycles. The molecule has 0 bridgehead atoms. The zero-order valence-corrected chi connectivity index (χ0v) is 16.7. The molecule has 0 unspecified atom stereocenters. The lowest BCUT2D eigenvalue weighted by molar-refractivity contribution is 0.184. The number of hydrogen-bond acceptors (Lipinski definition) is 3. The molecule has 0 saturated heterocycles. The van der Waals surface area contributed by atoms with Gasteiger partial charge in [-0.15, -0.1) is 0 Å². The van der Waals surface area contributed by atoms with Gasteiger partial charge in [0.2, 0.25) is 10.0 Å². The van der Waals surface area contributed by atoms with E-state index in [-0.39, 0.29) is 6.54 Å². The van der Waals surface area contributed by atoms with Crippen molar-refractivity contribution in [3.8, 4) is 0 Å². The van der Waals surface area contributed by atoms with Crippen LogP contribution in [-0.2, 0) is 27.9 Å². The second-order valence-corrected chi connectivity index (χ2v) is 8.18. The molecule has 0 spiro atoms. The van der Waals surface area contributed by atoms with Crippen molar-refractivity contribution in [1.29, 1.82) is 0 Å². The molecule has 25 heavy (non-hydrogen) atoms. The lowest BCUT2D eigenvalue weighted by atomic mass is 9.95. The molecule has 5 heteroatoms. The molecule has 2 rings (SSSR count). The first kappa shape index (κ1) is 19.6. The molecule has 2 aromatic rings. The monoisotopic (exact) mass is 361 g/mol. The van der Waals surface area contributed by atoms with Crippen LogP contribution in [0.3, 0.4) is 0 Å². The topological polar surface area (TPSA) is 55.4 Å². The second kappa shape index (κ2) is 7.68. The Morgan fingerprint density at radius 2 is 1.32 bits per heavy atom. The van der Waals surface area contributed by atoms with Gasteiger partial charge in [-0.05, 0) is 73.6 Å². The maximum absolute atomic E-state index is 13.0. The largest absolute Gasteiger partial charge is 0.380 e. The third-order valence-electron chi connectivity index (χ3n) is 5.07. The number of ether oxygens (including phenoxy) is 1.